The second kappa shape index (κ2) is 5.84. The average molecular weight is 251 g/mol. The molecule has 2 N–H and O–H groups in total. The fourth-order valence-electron chi connectivity index (χ4n) is 1.87. The molecule has 0 fully saturated rings. The standard InChI is InChI=1S/C13H17NO4/c1-17-10-4-2-9(3-5-10)6-12-13(16)11(15)7-14-8-18-12/h2-5,8,11-13,15-16H,6-7H2,1H3/t11-,12-,13-/m0/s1. The van der Waals surface area contributed by atoms with Crippen LogP contribution in [0, 0.1) is 0 Å². The van der Waals surface area contributed by atoms with Crippen LogP contribution in [0.1, 0.15) is 5.56 Å². The van der Waals surface area contributed by atoms with Crippen LogP contribution < -0.4 is 4.74 Å². The molecule has 2 rings (SSSR count). The lowest BCUT2D eigenvalue weighted by Gasteiger charge is -2.23. The van der Waals surface area contributed by atoms with Crippen molar-refractivity contribution < 1.29 is 19.7 Å². The zero-order valence-electron chi connectivity index (χ0n) is 10.2. The molecule has 0 aliphatic carbocycles. The van der Waals surface area contributed by atoms with E-state index in [0.717, 1.165) is 11.3 Å². The zero-order chi connectivity index (χ0) is 13.0. The minimum absolute atomic E-state index is 0.167. The topological polar surface area (TPSA) is 71.3 Å². The number of methoxy groups -OCH3 is 1. The van der Waals surface area contributed by atoms with E-state index in [2.05, 4.69) is 4.99 Å². The molecule has 5 nitrogen and oxygen atoms in total. The molecule has 1 aromatic carbocycles. The average Bonchev–Trinajstić information content (AvgIpc) is 2.55. The molecule has 0 radical (unpaired) electrons. The van der Waals surface area contributed by atoms with E-state index in [1.165, 1.54) is 6.40 Å². The van der Waals surface area contributed by atoms with Crippen LogP contribution in [0.3, 0.4) is 0 Å². The number of hydrogen-bond acceptors (Lipinski definition) is 5. The zero-order valence-corrected chi connectivity index (χ0v) is 10.2. The highest BCUT2D eigenvalue weighted by molar-refractivity contribution is 5.47. The van der Waals surface area contributed by atoms with Crippen LogP contribution in [0.4, 0.5) is 0 Å². The van der Waals surface area contributed by atoms with Crippen LogP contribution in [0.2, 0.25) is 0 Å². The Labute approximate surface area is 106 Å². The summed E-state index contributed by atoms with van der Waals surface area (Å²) in [5.41, 5.74) is 1.00. The van der Waals surface area contributed by atoms with Crippen molar-refractivity contribution in [2.24, 2.45) is 4.99 Å². The van der Waals surface area contributed by atoms with Crippen molar-refractivity contribution in [2.75, 3.05) is 13.7 Å². The lowest BCUT2D eigenvalue weighted by Crippen LogP contribution is -2.40. The van der Waals surface area contributed by atoms with Crippen LogP contribution in [-0.4, -0.2) is 48.6 Å². The summed E-state index contributed by atoms with van der Waals surface area (Å²) in [4.78, 5) is 3.84. The van der Waals surface area contributed by atoms with Crippen molar-refractivity contribution in [3.63, 3.8) is 0 Å². The summed E-state index contributed by atoms with van der Waals surface area (Å²) >= 11 is 0. The van der Waals surface area contributed by atoms with Gasteiger partial charge in [-0.25, -0.2) is 0 Å². The molecule has 98 valence electrons. The van der Waals surface area contributed by atoms with E-state index in [1.807, 2.05) is 24.3 Å². The molecule has 0 saturated carbocycles. The first-order chi connectivity index (χ1) is 8.70. The fourth-order valence-corrected chi connectivity index (χ4v) is 1.87. The maximum absolute atomic E-state index is 9.90. The van der Waals surface area contributed by atoms with Gasteiger partial charge in [0.25, 0.3) is 0 Å². The van der Waals surface area contributed by atoms with Gasteiger partial charge < -0.3 is 19.7 Å². The van der Waals surface area contributed by atoms with Crippen LogP contribution in [0.15, 0.2) is 29.3 Å². The molecule has 0 aromatic heterocycles. The third-order valence-corrected chi connectivity index (χ3v) is 2.97. The van der Waals surface area contributed by atoms with Gasteiger partial charge in [-0.1, -0.05) is 12.1 Å². The molecule has 0 bridgehead atoms. The Morgan fingerprint density at radius 2 is 2.06 bits per heavy atom. The Bertz CT molecular complexity index is 404. The normalized spacial score (nSPS) is 27.4. The maximum atomic E-state index is 9.90. The third kappa shape index (κ3) is 3.00. The van der Waals surface area contributed by atoms with E-state index < -0.39 is 18.3 Å². The molecule has 5 heteroatoms. The highest BCUT2D eigenvalue weighted by atomic mass is 16.5. The Morgan fingerprint density at radius 1 is 1.33 bits per heavy atom. The van der Waals surface area contributed by atoms with Crippen molar-refractivity contribution in [3.8, 4) is 5.75 Å². The highest BCUT2D eigenvalue weighted by Gasteiger charge is 2.29. The second-order valence-electron chi connectivity index (χ2n) is 4.26. The van der Waals surface area contributed by atoms with E-state index in [4.69, 9.17) is 9.47 Å². The number of aliphatic hydroxyl groups excluding tert-OH is 2. The number of hydrogen-bond donors (Lipinski definition) is 2. The number of aliphatic imine (C=N–C) groups is 1. The predicted molar refractivity (Wildman–Crippen MR) is 66.9 cm³/mol. The molecule has 1 aliphatic rings. The molecule has 1 heterocycles. The van der Waals surface area contributed by atoms with Gasteiger partial charge >= 0.3 is 0 Å². The van der Waals surface area contributed by atoms with E-state index in [1.54, 1.807) is 7.11 Å². The van der Waals surface area contributed by atoms with Crippen LogP contribution in [0.25, 0.3) is 0 Å². The van der Waals surface area contributed by atoms with Gasteiger partial charge in [-0.15, -0.1) is 0 Å². The van der Waals surface area contributed by atoms with Gasteiger partial charge in [0.1, 0.15) is 24.1 Å². The Morgan fingerprint density at radius 3 is 2.72 bits per heavy atom. The Balaban J connectivity index is 2.04. The summed E-state index contributed by atoms with van der Waals surface area (Å²) in [6, 6.07) is 7.51. The lowest BCUT2D eigenvalue weighted by molar-refractivity contribution is -0.0400. The molecule has 0 amide bonds. The number of ether oxygens (including phenoxy) is 2. The van der Waals surface area contributed by atoms with Crippen molar-refractivity contribution in [3.05, 3.63) is 29.8 Å². The predicted octanol–water partition coefficient (Wildman–Crippen LogP) is 0.387. The van der Waals surface area contributed by atoms with Gasteiger partial charge in [-0.2, -0.15) is 0 Å². The Hall–Kier alpha value is -1.59. The smallest absolute Gasteiger partial charge is 0.170 e. The quantitative estimate of drug-likeness (QED) is 0.815. The summed E-state index contributed by atoms with van der Waals surface area (Å²) in [6.45, 7) is 0.167. The van der Waals surface area contributed by atoms with Crippen molar-refractivity contribution in [1.29, 1.82) is 0 Å². The summed E-state index contributed by atoms with van der Waals surface area (Å²) in [5, 5.41) is 19.5. The number of aliphatic hydroxyl groups is 2. The molecule has 3 atom stereocenters. The van der Waals surface area contributed by atoms with Gasteiger partial charge in [0.2, 0.25) is 0 Å². The summed E-state index contributed by atoms with van der Waals surface area (Å²) in [7, 11) is 1.61. The second-order valence-corrected chi connectivity index (χ2v) is 4.26. The molecule has 0 saturated heterocycles. The first-order valence-electron chi connectivity index (χ1n) is 5.83. The third-order valence-electron chi connectivity index (χ3n) is 2.97. The summed E-state index contributed by atoms with van der Waals surface area (Å²) < 4.78 is 10.4. The summed E-state index contributed by atoms with van der Waals surface area (Å²) in [5.74, 6) is 0.780. The van der Waals surface area contributed by atoms with Crippen LogP contribution in [0.5, 0.6) is 5.75 Å². The molecular weight excluding hydrogens is 234 g/mol. The minimum atomic E-state index is -0.936. The maximum Gasteiger partial charge on any atom is 0.170 e. The number of benzene rings is 1. The largest absolute Gasteiger partial charge is 0.497 e. The van der Waals surface area contributed by atoms with Crippen LogP contribution >= 0.6 is 0 Å². The van der Waals surface area contributed by atoms with Gasteiger partial charge in [0.05, 0.1) is 13.7 Å². The molecule has 0 unspecified atom stereocenters. The summed E-state index contributed by atoms with van der Waals surface area (Å²) in [6.07, 6.45) is -0.497. The van der Waals surface area contributed by atoms with Crippen molar-refractivity contribution in [2.45, 2.75) is 24.7 Å². The molecular formula is C13H17NO4. The van der Waals surface area contributed by atoms with Gasteiger partial charge in [0, 0.05) is 6.42 Å². The van der Waals surface area contributed by atoms with Crippen molar-refractivity contribution >= 4 is 6.40 Å². The first-order valence-corrected chi connectivity index (χ1v) is 5.83. The molecule has 18 heavy (non-hydrogen) atoms. The SMILES string of the molecule is COc1ccc(C[C@@H]2OC=NC[C@H](O)[C@@H]2O)cc1. The Kier molecular flexibility index (Phi) is 4.17. The molecule has 1 aromatic rings. The molecule has 1 aliphatic heterocycles. The number of rotatable bonds is 3. The lowest BCUT2D eigenvalue weighted by atomic mass is 10.0. The van der Waals surface area contributed by atoms with Crippen molar-refractivity contribution in [1.82, 2.24) is 0 Å². The van der Waals surface area contributed by atoms with E-state index in [0.29, 0.717) is 6.42 Å². The van der Waals surface area contributed by atoms with Gasteiger partial charge in [0.15, 0.2) is 6.40 Å². The number of nitrogens with zero attached hydrogens (tertiary/aromatic N) is 1. The first kappa shape index (κ1) is 12.9. The van der Waals surface area contributed by atoms with Crippen LogP contribution in [-0.2, 0) is 11.2 Å². The van der Waals surface area contributed by atoms with Gasteiger partial charge in [-0.05, 0) is 17.7 Å². The highest BCUT2D eigenvalue weighted by Crippen LogP contribution is 2.17. The van der Waals surface area contributed by atoms with E-state index in [9.17, 15) is 10.2 Å². The molecule has 0 spiro atoms. The monoisotopic (exact) mass is 251 g/mol. The van der Waals surface area contributed by atoms with Gasteiger partial charge in [-0.3, -0.25) is 4.99 Å². The van der Waals surface area contributed by atoms with E-state index in [-0.39, 0.29) is 6.54 Å². The minimum Gasteiger partial charge on any atom is -0.497 e. The van der Waals surface area contributed by atoms with E-state index >= 15 is 0 Å². The fraction of sp³-hybridized carbons (Fsp3) is 0.462.